The third kappa shape index (κ3) is 4.65. The van der Waals surface area contributed by atoms with Gasteiger partial charge in [-0.05, 0) is 49.7 Å². The topological polar surface area (TPSA) is 60.5 Å². The van der Waals surface area contributed by atoms with Gasteiger partial charge in [-0.15, -0.1) is 13.2 Å². The number of hydrogen-bond acceptors (Lipinski definition) is 4. The van der Waals surface area contributed by atoms with E-state index in [1.807, 2.05) is 32.2 Å². The maximum Gasteiger partial charge on any atom is 0.573 e. The summed E-state index contributed by atoms with van der Waals surface area (Å²) in [6.45, 7) is 4.94. The molecule has 0 aliphatic carbocycles. The van der Waals surface area contributed by atoms with Crippen molar-refractivity contribution in [1.82, 2.24) is 4.98 Å². The van der Waals surface area contributed by atoms with Crippen LogP contribution in [0, 0.1) is 13.8 Å². The molecule has 27 heavy (non-hydrogen) atoms. The van der Waals surface area contributed by atoms with E-state index in [2.05, 4.69) is 14.8 Å². The van der Waals surface area contributed by atoms with Crippen molar-refractivity contribution < 1.29 is 22.5 Å². The Hall–Kier alpha value is -2.87. The van der Waals surface area contributed by atoms with E-state index >= 15 is 0 Å². The van der Waals surface area contributed by atoms with Gasteiger partial charge in [-0.25, -0.2) is 4.98 Å². The first-order valence-electron chi connectivity index (χ1n) is 8.33. The summed E-state index contributed by atoms with van der Waals surface area (Å²) in [4.78, 5) is 4.33. The van der Waals surface area contributed by atoms with Gasteiger partial charge in [0.05, 0.1) is 6.21 Å². The number of allylic oxidation sites excluding steroid dienone is 1. The number of nitrogens with zero attached hydrogens (tertiary/aromatic N) is 3. The molecule has 0 bridgehead atoms. The lowest BCUT2D eigenvalue weighted by atomic mass is 10.1. The minimum atomic E-state index is -4.70. The second kappa shape index (κ2) is 7.03. The highest BCUT2D eigenvalue weighted by Crippen LogP contribution is 2.29. The molecule has 1 unspecified atom stereocenters. The highest BCUT2D eigenvalue weighted by atomic mass is 19.4. The molecule has 3 rings (SSSR count). The van der Waals surface area contributed by atoms with Crippen LogP contribution in [0.3, 0.4) is 0 Å². The van der Waals surface area contributed by atoms with Crippen molar-refractivity contribution in [3.63, 3.8) is 0 Å². The molecule has 1 aromatic carbocycles. The fourth-order valence-electron chi connectivity index (χ4n) is 3.16. The molecular formula is C19H20F3N4O+. The van der Waals surface area contributed by atoms with Crippen molar-refractivity contribution in [2.45, 2.75) is 33.3 Å². The molecule has 0 saturated heterocycles. The average molecular weight is 377 g/mol. The fraction of sp³-hybridized carbons (Fsp3) is 0.263. The van der Waals surface area contributed by atoms with Crippen LogP contribution in [0.15, 0.2) is 47.7 Å². The zero-order chi connectivity index (χ0) is 19.7. The number of pyridine rings is 1. The zero-order valence-electron chi connectivity index (χ0n) is 15.0. The monoisotopic (exact) mass is 377 g/mol. The van der Waals surface area contributed by atoms with Gasteiger partial charge >= 0.3 is 6.36 Å². The third-order valence-electron chi connectivity index (χ3n) is 4.37. The Labute approximate surface area is 155 Å². The summed E-state index contributed by atoms with van der Waals surface area (Å²) >= 11 is 0. The summed E-state index contributed by atoms with van der Waals surface area (Å²) in [5, 5.41) is 4.58. The first kappa shape index (κ1) is 18.9. The van der Waals surface area contributed by atoms with E-state index in [4.69, 9.17) is 5.73 Å². The Morgan fingerprint density at radius 1 is 1.11 bits per heavy atom. The van der Waals surface area contributed by atoms with Crippen LogP contribution in [0.4, 0.5) is 19.0 Å². The average Bonchev–Trinajstić information content (AvgIpc) is 3.00. The van der Waals surface area contributed by atoms with Gasteiger partial charge in [0.15, 0.2) is 0 Å². The minimum Gasteiger partial charge on any atom is -0.406 e. The van der Waals surface area contributed by atoms with Crippen LogP contribution < -0.4 is 10.5 Å². The second-order valence-corrected chi connectivity index (χ2v) is 6.53. The van der Waals surface area contributed by atoms with Crippen molar-refractivity contribution in [2.24, 2.45) is 5.10 Å². The third-order valence-corrected chi connectivity index (χ3v) is 4.37. The van der Waals surface area contributed by atoms with Crippen molar-refractivity contribution in [1.29, 1.82) is 0 Å². The summed E-state index contributed by atoms with van der Waals surface area (Å²) in [7, 11) is 0. The molecule has 1 atom stereocenters. The molecule has 0 spiro atoms. The van der Waals surface area contributed by atoms with Gasteiger partial charge in [0.2, 0.25) is 0 Å². The molecule has 142 valence electrons. The minimum absolute atomic E-state index is 0.243. The SMILES string of the molecule is Cc1cc(N)nc(C)c1C[N+]1(Cc2ccc(OC(F)(F)F)cc2)C=CC=N1. The van der Waals surface area contributed by atoms with Gasteiger partial charge in [-0.1, -0.05) is 5.10 Å². The largest absolute Gasteiger partial charge is 0.573 e. The molecule has 8 heteroatoms. The van der Waals surface area contributed by atoms with Gasteiger partial charge in [-0.3, -0.25) is 0 Å². The Morgan fingerprint density at radius 3 is 2.37 bits per heavy atom. The molecular weight excluding hydrogens is 357 g/mol. The maximum absolute atomic E-state index is 12.3. The summed E-state index contributed by atoms with van der Waals surface area (Å²) < 4.78 is 41.1. The van der Waals surface area contributed by atoms with Crippen molar-refractivity contribution >= 4 is 12.0 Å². The first-order chi connectivity index (χ1) is 12.7. The van der Waals surface area contributed by atoms with Crippen LogP contribution in [0.25, 0.3) is 0 Å². The van der Waals surface area contributed by atoms with E-state index in [1.54, 1.807) is 18.3 Å². The van der Waals surface area contributed by atoms with E-state index in [0.29, 0.717) is 18.9 Å². The predicted octanol–water partition coefficient (Wildman–Crippen LogP) is 4.21. The highest BCUT2D eigenvalue weighted by Gasteiger charge is 2.32. The van der Waals surface area contributed by atoms with Crippen LogP contribution in [-0.4, -0.2) is 22.2 Å². The van der Waals surface area contributed by atoms with Crippen molar-refractivity contribution in [3.05, 3.63) is 65.0 Å². The van der Waals surface area contributed by atoms with Gasteiger partial charge in [0, 0.05) is 22.9 Å². The van der Waals surface area contributed by atoms with Crippen molar-refractivity contribution in [2.75, 3.05) is 5.73 Å². The van der Waals surface area contributed by atoms with Crippen LogP contribution in [0.2, 0.25) is 0 Å². The molecule has 0 radical (unpaired) electrons. The summed E-state index contributed by atoms with van der Waals surface area (Å²) in [6.07, 6.45) is 0.830. The van der Waals surface area contributed by atoms with E-state index in [-0.39, 0.29) is 10.3 Å². The quantitative estimate of drug-likeness (QED) is 0.794. The molecule has 5 nitrogen and oxygen atoms in total. The number of quaternary nitrogens is 1. The standard InChI is InChI=1S/C19H20F3N4O/c1-13-10-18(23)25-14(2)17(13)12-26(9-3-8-24-26)11-15-4-6-16(7-5-15)27-19(20,21)22/h3-10H,11-12H2,1-2H3,(H2,23,25)/q+1. The Balaban J connectivity index is 1.82. The van der Waals surface area contributed by atoms with Gasteiger partial charge in [0.1, 0.15) is 30.9 Å². The zero-order valence-corrected chi connectivity index (χ0v) is 15.0. The second-order valence-electron chi connectivity index (χ2n) is 6.53. The Kier molecular flexibility index (Phi) is 4.93. The van der Waals surface area contributed by atoms with E-state index in [1.165, 1.54) is 12.1 Å². The molecule has 0 amide bonds. The molecule has 2 N–H and O–H groups in total. The summed E-state index contributed by atoms with van der Waals surface area (Å²) in [5.74, 6) is 0.230. The number of alkyl halides is 3. The number of nitrogens with two attached hydrogens (primary N) is 1. The van der Waals surface area contributed by atoms with Gasteiger partial charge in [-0.2, -0.15) is 4.59 Å². The Morgan fingerprint density at radius 2 is 1.81 bits per heavy atom. The van der Waals surface area contributed by atoms with Gasteiger partial charge in [0.25, 0.3) is 0 Å². The fourth-order valence-corrected chi connectivity index (χ4v) is 3.16. The normalized spacial score (nSPS) is 18.9. The number of aromatic nitrogens is 1. The molecule has 2 heterocycles. The van der Waals surface area contributed by atoms with E-state index < -0.39 is 6.36 Å². The number of aryl methyl sites for hydroxylation is 2. The summed E-state index contributed by atoms with van der Waals surface area (Å²) in [5.41, 5.74) is 9.56. The Bertz CT molecular complexity index is 854. The summed E-state index contributed by atoms with van der Waals surface area (Å²) in [6, 6.07) is 7.67. The van der Waals surface area contributed by atoms with Crippen LogP contribution in [-0.2, 0) is 13.1 Å². The number of benzene rings is 1. The molecule has 0 saturated carbocycles. The smallest absolute Gasteiger partial charge is 0.406 e. The first-order valence-corrected chi connectivity index (χ1v) is 8.33. The lowest BCUT2D eigenvalue weighted by molar-refractivity contribution is -0.910. The molecule has 2 aromatic rings. The number of hydrogen-bond donors (Lipinski definition) is 1. The van der Waals surface area contributed by atoms with E-state index in [9.17, 15) is 13.2 Å². The number of ether oxygens (including phenoxy) is 1. The lowest BCUT2D eigenvalue weighted by Gasteiger charge is -2.27. The van der Waals surface area contributed by atoms with Crippen LogP contribution in [0.5, 0.6) is 5.75 Å². The number of halogens is 3. The van der Waals surface area contributed by atoms with Crippen LogP contribution in [0.1, 0.15) is 22.4 Å². The van der Waals surface area contributed by atoms with Crippen molar-refractivity contribution in [3.8, 4) is 5.75 Å². The molecule has 1 aliphatic heterocycles. The maximum atomic E-state index is 12.3. The molecule has 1 aromatic heterocycles. The van der Waals surface area contributed by atoms with Crippen LogP contribution >= 0.6 is 0 Å². The number of rotatable bonds is 5. The number of anilines is 1. The predicted molar refractivity (Wildman–Crippen MR) is 96.5 cm³/mol. The van der Waals surface area contributed by atoms with E-state index in [0.717, 1.165) is 22.4 Å². The van der Waals surface area contributed by atoms with Gasteiger partial charge < -0.3 is 10.5 Å². The lowest BCUT2D eigenvalue weighted by Crippen LogP contribution is -2.34. The number of nitrogen functional groups attached to an aromatic ring is 1. The molecule has 0 fully saturated rings. The molecule has 1 aliphatic rings. The highest BCUT2D eigenvalue weighted by molar-refractivity contribution is 5.71.